The van der Waals surface area contributed by atoms with Crippen molar-refractivity contribution < 1.29 is 13.9 Å². The SMILES string of the molecule is CCn1ncc2c(Nc3cc(C)[nH]n3)nc([C@H]3CC[C@@](OC)(C(=O)N[C@@H](C)c4ccc(-n5cc(F)cn5)nc4)CC3)nc21. The van der Waals surface area contributed by atoms with Crippen LogP contribution in [0.1, 0.15) is 68.6 Å². The van der Waals surface area contributed by atoms with Crippen molar-refractivity contribution in [3.05, 3.63) is 65.9 Å². The van der Waals surface area contributed by atoms with Crippen molar-refractivity contribution in [1.82, 2.24) is 50.0 Å². The number of fused-ring (bicyclic) bond motifs is 1. The fourth-order valence-electron chi connectivity index (χ4n) is 5.58. The highest BCUT2D eigenvalue weighted by atomic mass is 19.1. The van der Waals surface area contributed by atoms with Crippen molar-refractivity contribution in [2.24, 2.45) is 0 Å². The number of ether oxygens (including phenoxy) is 1. The lowest BCUT2D eigenvalue weighted by atomic mass is 9.77. The van der Waals surface area contributed by atoms with Gasteiger partial charge in [-0.3, -0.25) is 9.89 Å². The van der Waals surface area contributed by atoms with Crippen molar-refractivity contribution in [3.63, 3.8) is 0 Å². The Morgan fingerprint density at radius 2 is 2.02 bits per heavy atom. The molecule has 1 fully saturated rings. The van der Waals surface area contributed by atoms with Crippen molar-refractivity contribution in [1.29, 1.82) is 0 Å². The summed E-state index contributed by atoms with van der Waals surface area (Å²) >= 11 is 0. The van der Waals surface area contributed by atoms with Crippen LogP contribution in [-0.2, 0) is 16.1 Å². The molecule has 0 saturated heterocycles. The number of aryl methyl sites for hydroxylation is 2. The number of rotatable bonds is 9. The van der Waals surface area contributed by atoms with Gasteiger partial charge in [-0.25, -0.2) is 28.7 Å². The van der Waals surface area contributed by atoms with E-state index in [-0.39, 0.29) is 17.9 Å². The third-order valence-electron chi connectivity index (χ3n) is 8.13. The first-order chi connectivity index (χ1) is 20.8. The molecule has 0 unspecified atom stereocenters. The first kappa shape index (κ1) is 28.4. The molecule has 0 aliphatic heterocycles. The molecule has 1 aliphatic carbocycles. The molecule has 0 aromatic carbocycles. The standard InChI is InChI=1S/C29H34FN11O2/c1-5-40-27-22(15-33-40)26(35-23-12-17(2)38-39-23)36-25(37-27)19-8-10-29(43-4,11-9-19)28(42)34-18(3)20-6-7-24(31-13-20)41-16-21(30)14-32-41/h6-7,12-16,18-19H,5,8-11H2,1-4H3,(H,34,42)(H2,35,36,37,38,39)/t18-,19-,29-/m0/s1. The smallest absolute Gasteiger partial charge is 0.252 e. The van der Waals surface area contributed by atoms with E-state index in [4.69, 9.17) is 14.7 Å². The maximum Gasteiger partial charge on any atom is 0.252 e. The van der Waals surface area contributed by atoms with E-state index < -0.39 is 11.4 Å². The molecule has 13 nitrogen and oxygen atoms in total. The number of anilines is 2. The van der Waals surface area contributed by atoms with Crippen LogP contribution in [0.5, 0.6) is 0 Å². The van der Waals surface area contributed by atoms with E-state index >= 15 is 0 Å². The molecular weight excluding hydrogens is 553 g/mol. The number of hydrogen-bond acceptors (Lipinski definition) is 9. The Bertz CT molecular complexity index is 1730. The van der Waals surface area contributed by atoms with Gasteiger partial charge in [0, 0.05) is 37.5 Å². The third-order valence-corrected chi connectivity index (χ3v) is 8.13. The van der Waals surface area contributed by atoms with Gasteiger partial charge in [0.1, 0.15) is 17.2 Å². The Morgan fingerprint density at radius 1 is 1.21 bits per heavy atom. The second kappa shape index (κ2) is 11.5. The second-order valence-corrected chi connectivity index (χ2v) is 10.9. The number of hydrogen-bond donors (Lipinski definition) is 3. The number of aromatic amines is 1. The second-order valence-electron chi connectivity index (χ2n) is 10.9. The number of halogens is 1. The molecule has 14 heteroatoms. The summed E-state index contributed by atoms with van der Waals surface area (Å²) in [6.45, 7) is 6.54. The summed E-state index contributed by atoms with van der Waals surface area (Å²) in [7, 11) is 1.58. The van der Waals surface area contributed by atoms with E-state index in [9.17, 15) is 9.18 Å². The molecular formula is C29H34FN11O2. The summed E-state index contributed by atoms with van der Waals surface area (Å²) in [5.74, 6) is 1.95. The molecule has 43 heavy (non-hydrogen) atoms. The Morgan fingerprint density at radius 3 is 2.65 bits per heavy atom. The highest BCUT2D eigenvalue weighted by Crippen LogP contribution is 2.40. The van der Waals surface area contributed by atoms with E-state index in [0.717, 1.165) is 28.5 Å². The van der Waals surface area contributed by atoms with Gasteiger partial charge in [0.05, 0.1) is 30.0 Å². The minimum Gasteiger partial charge on any atom is -0.368 e. The van der Waals surface area contributed by atoms with E-state index in [0.29, 0.717) is 55.5 Å². The molecule has 1 amide bonds. The van der Waals surface area contributed by atoms with Crippen molar-refractivity contribution >= 4 is 28.6 Å². The molecule has 5 heterocycles. The largest absolute Gasteiger partial charge is 0.368 e. The molecule has 1 aliphatic rings. The normalized spacial score (nSPS) is 19.4. The molecule has 5 aromatic heterocycles. The van der Waals surface area contributed by atoms with E-state index in [1.54, 1.807) is 25.6 Å². The molecule has 3 N–H and O–H groups in total. The van der Waals surface area contributed by atoms with Gasteiger partial charge in [0.2, 0.25) is 0 Å². The highest BCUT2D eigenvalue weighted by Gasteiger charge is 2.43. The van der Waals surface area contributed by atoms with Crippen LogP contribution in [0, 0.1) is 12.7 Å². The van der Waals surface area contributed by atoms with Crippen LogP contribution in [-0.4, -0.2) is 63.3 Å². The number of carbonyl (C=O) groups excluding carboxylic acids is 1. The minimum atomic E-state index is -0.965. The van der Waals surface area contributed by atoms with Crippen LogP contribution < -0.4 is 10.6 Å². The zero-order chi connectivity index (χ0) is 30.1. The van der Waals surface area contributed by atoms with Gasteiger partial charge in [0.15, 0.2) is 23.1 Å². The lowest BCUT2D eigenvalue weighted by Gasteiger charge is -2.38. The minimum absolute atomic E-state index is 0.0449. The predicted molar refractivity (Wildman–Crippen MR) is 156 cm³/mol. The molecule has 5 aromatic rings. The maximum atomic E-state index is 13.6. The quantitative estimate of drug-likeness (QED) is 0.230. The van der Waals surface area contributed by atoms with Gasteiger partial charge in [-0.2, -0.15) is 15.3 Å². The Hall–Kier alpha value is -4.72. The molecule has 1 atom stereocenters. The van der Waals surface area contributed by atoms with Gasteiger partial charge in [-0.1, -0.05) is 6.07 Å². The van der Waals surface area contributed by atoms with Crippen LogP contribution in [0.3, 0.4) is 0 Å². The van der Waals surface area contributed by atoms with Crippen LogP contribution >= 0.6 is 0 Å². The zero-order valence-corrected chi connectivity index (χ0v) is 24.5. The van der Waals surface area contributed by atoms with Gasteiger partial charge in [0.25, 0.3) is 5.91 Å². The Kier molecular flexibility index (Phi) is 7.61. The van der Waals surface area contributed by atoms with Gasteiger partial charge < -0.3 is 15.4 Å². The Balaban J connectivity index is 1.16. The molecule has 0 radical (unpaired) electrons. The number of aromatic nitrogens is 9. The fraction of sp³-hybridized carbons (Fsp3) is 0.414. The van der Waals surface area contributed by atoms with Crippen molar-refractivity contribution in [3.8, 4) is 5.82 Å². The number of H-pyrrole nitrogens is 1. The monoisotopic (exact) mass is 587 g/mol. The van der Waals surface area contributed by atoms with Crippen LogP contribution in [0.4, 0.5) is 16.0 Å². The maximum absolute atomic E-state index is 13.6. The zero-order valence-electron chi connectivity index (χ0n) is 24.5. The van der Waals surface area contributed by atoms with E-state index in [1.165, 1.54) is 10.9 Å². The fourth-order valence-corrected chi connectivity index (χ4v) is 5.58. The number of pyridine rings is 1. The van der Waals surface area contributed by atoms with Crippen LogP contribution in [0.2, 0.25) is 0 Å². The average molecular weight is 588 g/mol. The summed E-state index contributed by atoms with van der Waals surface area (Å²) in [5.41, 5.74) is 1.54. The van der Waals surface area contributed by atoms with Gasteiger partial charge >= 0.3 is 0 Å². The third kappa shape index (κ3) is 5.57. The first-order valence-electron chi connectivity index (χ1n) is 14.3. The van der Waals surface area contributed by atoms with Crippen molar-refractivity contribution in [2.75, 3.05) is 12.4 Å². The molecule has 224 valence electrons. The molecule has 6 rings (SSSR count). The van der Waals surface area contributed by atoms with Crippen LogP contribution in [0.15, 0.2) is 43.0 Å². The Labute approximate surface area is 247 Å². The summed E-state index contributed by atoms with van der Waals surface area (Å²) < 4.78 is 22.4. The van der Waals surface area contributed by atoms with Gasteiger partial charge in [-0.15, -0.1) is 0 Å². The molecule has 1 saturated carbocycles. The number of nitrogens with one attached hydrogen (secondary N) is 3. The van der Waals surface area contributed by atoms with E-state index in [2.05, 4.69) is 36.0 Å². The van der Waals surface area contributed by atoms with Gasteiger partial charge in [-0.05, 0) is 58.1 Å². The number of nitrogens with zero attached hydrogens (tertiary/aromatic N) is 8. The first-order valence-corrected chi connectivity index (χ1v) is 14.3. The lowest BCUT2D eigenvalue weighted by Crippen LogP contribution is -2.50. The summed E-state index contributed by atoms with van der Waals surface area (Å²) in [6.07, 6.45) is 8.20. The lowest BCUT2D eigenvalue weighted by molar-refractivity contribution is -0.148. The summed E-state index contributed by atoms with van der Waals surface area (Å²) in [4.78, 5) is 27.8. The number of amides is 1. The number of carbonyl (C=O) groups is 1. The topological polar surface area (TPSA) is 153 Å². The average Bonchev–Trinajstić information content (AvgIpc) is 3.76. The summed E-state index contributed by atoms with van der Waals surface area (Å²) in [5, 5.41) is 22.9. The number of methoxy groups -OCH3 is 1. The predicted octanol–water partition coefficient (Wildman–Crippen LogP) is 4.26. The van der Waals surface area contributed by atoms with E-state index in [1.807, 2.05) is 37.6 Å². The molecule has 0 bridgehead atoms. The summed E-state index contributed by atoms with van der Waals surface area (Å²) in [6, 6.07) is 5.18. The van der Waals surface area contributed by atoms with Crippen molar-refractivity contribution in [2.45, 2.75) is 70.6 Å². The van der Waals surface area contributed by atoms with Crippen LogP contribution in [0.25, 0.3) is 16.9 Å². The highest BCUT2D eigenvalue weighted by molar-refractivity contribution is 5.88. The molecule has 0 spiro atoms.